The van der Waals surface area contributed by atoms with Gasteiger partial charge in [-0.15, -0.1) is 0 Å². The van der Waals surface area contributed by atoms with Crippen LogP contribution >= 0.6 is 0 Å². The minimum atomic E-state index is -1.58. The van der Waals surface area contributed by atoms with Crippen LogP contribution in [0.4, 0.5) is 4.79 Å². The fourth-order valence-corrected chi connectivity index (χ4v) is 7.44. The van der Waals surface area contributed by atoms with Crippen molar-refractivity contribution in [2.24, 2.45) is 16.6 Å². The Bertz CT molecular complexity index is 2510. The number of imidazole rings is 2. The van der Waals surface area contributed by atoms with E-state index < -0.39 is 53.0 Å². The number of carbonyl (C=O) groups is 6. The second kappa shape index (κ2) is 23.2. The number of esters is 2. The van der Waals surface area contributed by atoms with Gasteiger partial charge in [0, 0.05) is 37.6 Å². The third-order valence-corrected chi connectivity index (χ3v) is 11.2. The molecule has 2 heterocycles. The zero-order valence-corrected chi connectivity index (χ0v) is 39.5. The summed E-state index contributed by atoms with van der Waals surface area (Å²) in [6.45, 7) is 19.0. The average Bonchev–Trinajstić information content (AvgIpc) is 4.01. The van der Waals surface area contributed by atoms with Gasteiger partial charge in [-0.05, 0) is 74.7 Å². The Kier molecular flexibility index (Phi) is 18.1. The SMILES string of the molecule is CC1=C(/C=C/C(C)=C/C=C/C(C)=C/C=C/C=C(C)/C=C/C=C(C)/C=C/C2=C(C)C(=O)C(OC(=O)C(N)C(=O)n3ccnc3)CC2(C)C)C(C)(C)CC(OC(=O)CNC(=O)n2ccnc2)C1=O. The van der Waals surface area contributed by atoms with E-state index in [1.165, 1.54) is 42.0 Å². The van der Waals surface area contributed by atoms with Crippen LogP contribution in [0.1, 0.15) is 86.9 Å². The van der Waals surface area contributed by atoms with Crippen LogP contribution in [0.2, 0.25) is 0 Å². The molecule has 1 amide bonds. The van der Waals surface area contributed by atoms with Gasteiger partial charge in [-0.3, -0.25) is 28.3 Å². The van der Waals surface area contributed by atoms with Gasteiger partial charge >= 0.3 is 18.0 Å². The Labute approximate surface area is 387 Å². The highest BCUT2D eigenvalue weighted by molar-refractivity contribution is 6.06. The highest BCUT2D eigenvalue weighted by Crippen LogP contribution is 2.42. The van der Waals surface area contributed by atoms with Crippen molar-refractivity contribution in [3.8, 4) is 0 Å². The molecule has 0 fully saturated rings. The summed E-state index contributed by atoms with van der Waals surface area (Å²) in [7, 11) is 0. The van der Waals surface area contributed by atoms with Crippen LogP contribution in [0, 0.1) is 10.8 Å². The van der Waals surface area contributed by atoms with Crippen LogP contribution in [-0.2, 0) is 28.7 Å². The maximum absolute atomic E-state index is 13.3. The molecule has 0 radical (unpaired) electrons. The van der Waals surface area contributed by atoms with E-state index in [-0.39, 0.29) is 24.5 Å². The number of Topliss-reactive ketones (excluding diaryl/α,β-unsaturated/α-hetero) is 2. The Balaban J connectivity index is 1.26. The molecular weight excluding hydrogens is 837 g/mol. The summed E-state index contributed by atoms with van der Waals surface area (Å²) >= 11 is 0. The number of rotatable bonds is 16. The summed E-state index contributed by atoms with van der Waals surface area (Å²) < 4.78 is 13.3. The van der Waals surface area contributed by atoms with Crippen LogP contribution in [0.25, 0.3) is 0 Å². The molecule has 0 aromatic carbocycles. The molecule has 2 aromatic rings. The smallest absolute Gasteiger partial charge is 0.333 e. The first-order valence-corrected chi connectivity index (χ1v) is 21.6. The van der Waals surface area contributed by atoms with E-state index in [1.807, 2.05) is 140 Å². The standard InChI is InChI=1S/C52H62N6O8/c1-34(17-13-19-36(3)21-23-40-38(5)46(60)42(29-51(40,7)8)65-44(59)31-56-50(64)58-28-26-55-33-58)15-11-12-16-35(2)18-14-20-37(4)22-24-41-39(6)47(61)43(30-52(41,9)10)66-49(63)45(53)48(62)57-27-25-54-32-57/h11-28,32-33,42-43,45H,29-31,53H2,1-10H3,(H,56,64)/b12-11+,17-13+,18-14+,23-21+,24-22+,34-15+,35-16+,36-19+,37-20+. The van der Waals surface area contributed by atoms with Crippen molar-refractivity contribution < 1.29 is 38.2 Å². The zero-order chi connectivity index (χ0) is 48.8. The normalized spacial score (nSPS) is 20.4. The molecule has 0 spiro atoms. The minimum absolute atomic E-state index is 0.246. The molecule has 348 valence electrons. The Hall–Kier alpha value is -7.06. The second-order valence-corrected chi connectivity index (χ2v) is 17.7. The van der Waals surface area contributed by atoms with Gasteiger partial charge in [0.25, 0.3) is 5.91 Å². The van der Waals surface area contributed by atoms with Crippen molar-refractivity contribution in [1.82, 2.24) is 24.4 Å². The van der Waals surface area contributed by atoms with Crippen LogP contribution in [-0.4, -0.2) is 79.3 Å². The van der Waals surface area contributed by atoms with Crippen LogP contribution in [0.3, 0.4) is 0 Å². The molecule has 66 heavy (non-hydrogen) atoms. The van der Waals surface area contributed by atoms with Crippen LogP contribution in [0.15, 0.2) is 167 Å². The van der Waals surface area contributed by atoms with Gasteiger partial charge in [0.05, 0.1) is 0 Å². The number of hydrogen-bond acceptors (Lipinski definition) is 11. The minimum Gasteiger partial charge on any atom is -0.453 e. The van der Waals surface area contributed by atoms with E-state index in [1.54, 1.807) is 13.8 Å². The molecule has 3 unspecified atom stereocenters. The van der Waals surface area contributed by atoms with Gasteiger partial charge < -0.3 is 20.5 Å². The van der Waals surface area contributed by atoms with Crippen molar-refractivity contribution in [1.29, 1.82) is 0 Å². The molecule has 2 aliphatic carbocycles. The Morgan fingerprint density at radius 1 is 0.697 bits per heavy atom. The van der Waals surface area contributed by atoms with Gasteiger partial charge in [-0.1, -0.05) is 135 Å². The molecule has 0 saturated heterocycles. The predicted octanol–water partition coefficient (Wildman–Crippen LogP) is 8.33. The van der Waals surface area contributed by atoms with Crippen molar-refractivity contribution in [2.45, 2.75) is 100 Å². The first-order valence-electron chi connectivity index (χ1n) is 21.6. The highest BCUT2D eigenvalue weighted by atomic mass is 16.6. The molecule has 14 nitrogen and oxygen atoms in total. The maximum Gasteiger partial charge on any atom is 0.333 e. The summed E-state index contributed by atoms with van der Waals surface area (Å²) in [4.78, 5) is 83.9. The lowest BCUT2D eigenvalue weighted by Gasteiger charge is -2.36. The summed E-state index contributed by atoms with van der Waals surface area (Å²) in [6, 6.07) is -2.10. The maximum atomic E-state index is 13.3. The van der Waals surface area contributed by atoms with E-state index >= 15 is 0 Å². The van der Waals surface area contributed by atoms with Crippen molar-refractivity contribution in [3.05, 3.63) is 167 Å². The monoisotopic (exact) mass is 898 g/mol. The number of nitrogens with two attached hydrogens (primary N) is 1. The largest absolute Gasteiger partial charge is 0.453 e. The van der Waals surface area contributed by atoms with Crippen LogP contribution < -0.4 is 11.1 Å². The third-order valence-electron chi connectivity index (χ3n) is 11.2. The molecule has 0 saturated carbocycles. The molecule has 2 aromatic heterocycles. The Morgan fingerprint density at radius 3 is 1.58 bits per heavy atom. The van der Waals surface area contributed by atoms with Crippen LogP contribution in [0.5, 0.6) is 0 Å². The molecule has 0 aliphatic heterocycles. The summed E-state index contributed by atoms with van der Waals surface area (Å²) in [6.07, 6.45) is 34.5. The molecule has 3 N–H and O–H groups in total. The number of nitrogens with zero attached hydrogens (tertiary/aromatic N) is 4. The van der Waals surface area contributed by atoms with E-state index in [4.69, 9.17) is 15.2 Å². The predicted molar refractivity (Wildman–Crippen MR) is 255 cm³/mol. The number of nitrogens with one attached hydrogen (secondary N) is 1. The summed E-state index contributed by atoms with van der Waals surface area (Å²) in [5, 5.41) is 2.46. The lowest BCUT2D eigenvalue weighted by atomic mass is 9.71. The molecule has 0 bridgehead atoms. The second-order valence-electron chi connectivity index (χ2n) is 17.7. The average molecular weight is 899 g/mol. The molecule has 3 atom stereocenters. The van der Waals surface area contributed by atoms with Gasteiger partial charge in [-0.25, -0.2) is 19.6 Å². The van der Waals surface area contributed by atoms with Crippen molar-refractivity contribution in [2.75, 3.05) is 6.54 Å². The van der Waals surface area contributed by atoms with Gasteiger partial charge in [-0.2, -0.15) is 0 Å². The highest BCUT2D eigenvalue weighted by Gasteiger charge is 2.42. The van der Waals surface area contributed by atoms with Gasteiger partial charge in [0.2, 0.25) is 0 Å². The van der Waals surface area contributed by atoms with Gasteiger partial charge in [0.15, 0.2) is 29.8 Å². The number of ketones is 2. The first kappa shape index (κ1) is 51.6. The van der Waals surface area contributed by atoms with E-state index in [0.29, 0.717) is 17.6 Å². The van der Waals surface area contributed by atoms with E-state index in [0.717, 1.165) is 38.0 Å². The number of amides is 1. The number of hydrogen-bond donors (Lipinski definition) is 2. The number of allylic oxidation sites excluding steroid dienone is 20. The molecule has 2 aliphatic rings. The van der Waals surface area contributed by atoms with E-state index in [9.17, 15) is 28.8 Å². The molecule has 4 rings (SSSR count). The van der Waals surface area contributed by atoms with Crippen molar-refractivity contribution >= 4 is 35.4 Å². The lowest BCUT2D eigenvalue weighted by molar-refractivity contribution is -0.156. The molecular formula is C52H62N6O8. The number of carbonyl (C=O) groups excluding carboxylic acids is 6. The van der Waals surface area contributed by atoms with Gasteiger partial charge in [0.1, 0.15) is 19.2 Å². The summed E-state index contributed by atoms with van der Waals surface area (Å²) in [5.74, 6) is -2.93. The summed E-state index contributed by atoms with van der Waals surface area (Å²) in [5.41, 5.74) is 11.7. The quantitative estimate of drug-likeness (QED) is 0.0935. The Morgan fingerprint density at radius 2 is 1.12 bits per heavy atom. The fourth-order valence-electron chi connectivity index (χ4n) is 7.44. The third kappa shape index (κ3) is 14.5. The lowest BCUT2D eigenvalue weighted by Crippen LogP contribution is -2.47. The number of ether oxygens (including phenoxy) is 2. The molecule has 14 heteroatoms. The zero-order valence-electron chi connectivity index (χ0n) is 39.5. The number of aromatic nitrogens is 4. The van der Waals surface area contributed by atoms with Crippen molar-refractivity contribution in [3.63, 3.8) is 0 Å². The topological polar surface area (TPSA) is 195 Å². The fraction of sp³-hybridized carbons (Fsp3) is 0.346. The first-order chi connectivity index (χ1) is 31.1. The van der Waals surface area contributed by atoms with E-state index in [2.05, 4.69) is 15.3 Å².